The summed E-state index contributed by atoms with van der Waals surface area (Å²) in [5.41, 5.74) is 0. The summed E-state index contributed by atoms with van der Waals surface area (Å²) >= 11 is 0. The smallest absolute Gasteiger partial charge is 0.234 e. The van der Waals surface area contributed by atoms with Crippen molar-refractivity contribution in [1.82, 2.24) is 4.57 Å². The van der Waals surface area contributed by atoms with Crippen molar-refractivity contribution in [3.63, 3.8) is 0 Å². The third kappa shape index (κ3) is 26.9. The Morgan fingerprint density at radius 1 is 0.378 bits per heavy atom. The molecular formula is C43H85N2+. The highest BCUT2D eigenvalue weighted by Gasteiger charge is 2.16. The standard InChI is InChI=1S/C43H85N2/c1-4-7-10-13-16-18-20-22-23-24-26-28-30-32-35-38-43-44(39-36-33-15-12-9-6-3)41-42-45(43)40-37-34-31-29-27-25-21-19-17-14-11-8-5-2/h41-42H,4-40H2,1-3H3/q+1. The molecule has 1 aromatic heterocycles. The monoisotopic (exact) mass is 630 g/mol. The highest BCUT2D eigenvalue weighted by molar-refractivity contribution is 4.84. The van der Waals surface area contributed by atoms with Crippen LogP contribution >= 0.6 is 0 Å². The molecule has 0 aromatic carbocycles. The molecule has 0 aliphatic heterocycles. The number of rotatable bonds is 37. The summed E-state index contributed by atoms with van der Waals surface area (Å²) in [6.45, 7) is 9.40. The lowest BCUT2D eigenvalue weighted by atomic mass is 10.0. The van der Waals surface area contributed by atoms with Gasteiger partial charge >= 0.3 is 0 Å². The predicted molar refractivity (Wildman–Crippen MR) is 202 cm³/mol. The van der Waals surface area contributed by atoms with Gasteiger partial charge in [-0.25, -0.2) is 9.13 Å². The van der Waals surface area contributed by atoms with Gasteiger partial charge in [-0.2, -0.15) is 0 Å². The Bertz CT molecular complexity index is 692. The minimum absolute atomic E-state index is 1.23. The molecule has 0 unspecified atom stereocenters. The first-order valence-corrected chi connectivity index (χ1v) is 21.4. The lowest BCUT2D eigenvalue weighted by Crippen LogP contribution is -2.37. The topological polar surface area (TPSA) is 8.81 Å². The number of hydrogen-bond acceptors (Lipinski definition) is 0. The van der Waals surface area contributed by atoms with Crippen molar-refractivity contribution in [2.75, 3.05) is 0 Å². The van der Waals surface area contributed by atoms with Crippen molar-refractivity contribution in [2.24, 2.45) is 0 Å². The van der Waals surface area contributed by atoms with Crippen molar-refractivity contribution >= 4 is 0 Å². The van der Waals surface area contributed by atoms with E-state index in [0.29, 0.717) is 0 Å². The first-order chi connectivity index (χ1) is 22.3. The van der Waals surface area contributed by atoms with Gasteiger partial charge in [0.2, 0.25) is 0 Å². The number of nitrogens with zero attached hydrogens (tertiary/aromatic N) is 2. The zero-order valence-corrected chi connectivity index (χ0v) is 31.7. The van der Waals surface area contributed by atoms with Gasteiger partial charge in [0.15, 0.2) is 0 Å². The molecule has 0 saturated heterocycles. The summed E-state index contributed by atoms with van der Waals surface area (Å²) < 4.78 is 5.27. The van der Waals surface area contributed by atoms with Crippen LogP contribution in [0.1, 0.15) is 245 Å². The third-order valence-electron chi connectivity index (χ3n) is 10.3. The average Bonchev–Trinajstić information content (AvgIpc) is 3.43. The minimum Gasteiger partial charge on any atom is -0.234 e. The molecule has 0 radical (unpaired) electrons. The Morgan fingerprint density at radius 2 is 0.689 bits per heavy atom. The second-order valence-corrected chi connectivity index (χ2v) is 14.8. The molecule has 0 aliphatic carbocycles. The van der Waals surface area contributed by atoms with Crippen LogP contribution in [0.2, 0.25) is 0 Å². The highest BCUT2D eigenvalue weighted by atomic mass is 15.1. The molecular weight excluding hydrogens is 544 g/mol. The zero-order chi connectivity index (χ0) is 32.3. The fraction of sp³-hybridized carbons (Fsp3) is 0.930. The molecule has 0 aliphatic rings. The van der Waals surface area contributed by atoms with E-state index in [2.05, 4.69) is 42.3 Å². The van der Waals surface area contributed by atoms with E-state index in [1.807, 2.05) is 0 Å². The van der Waals surface area contributed by atoms with E-state index in [1.165, 1.54) is 238 Å². The Balaban J connectivity index is 2.21. The first-order valence-electron chi connectivity index (χ1n) is 21.4. The summed E-state index contributed by atoms with van der Waals surface area (Å²) in [5.74, 6) is 1.62. The summed E-state index contributed by atoms with van der Waals surface area (Å²) in [5, 5.41) is 0. The second kappa shape index (κ2) is 34.5. The molecule has 2 heteroatoms. The minimum atomic E-state index is 1.23. The lowest BCUT2D eigenvalue weighted by Gasteiger charge is -2.07. The molecule has 0 amide bonds. The molecule has 266 valence electrons. The molecule has 2 nitrogen and oxygen atoms in total. The predicted octanol–water partition coefficient (Wildman–Crippen LogP) is 14.6. The van der Waals surface area contributed by atoms with Crippen LogP contribution in [0.4, 0.5) is 0 Å². The van der Waals surface area contributed by atoms with Crippen LogP contribution in [-0.4, -0.2) is 4.57 Å². The van der Waals surface area contributed by atoms with Crippen molar-refractivity contribution in [3.8, 4) is 0 Å². The fourth-order valence-corrected chi connectivity index (χ4v) is 7.21. The van der Waals surface area contributed by atoms with Crippen molar-refractivity contribution in [1.29, 1.82) is 0 Å². The molecule has 0 N–H and O–H groups in total. The fourth-order valence-electron chi connectivity index (χ4n) is 7.21. The van der Waals surface area contributed by atoms with Gasteiger partial charge in [-0.15, -0.1) is 0 Å². The van der Waals surface area contributed by atoms with Gasteiger partial charge in [0.25, 0.3) is 5.82 Å². The van der Waals surface area contributed by atoms with Crippen LogP contribution in [0.25, 0.3) is 0 Å². The molecule has 45 heavy (non-hydrogen) atoms. The quantitative estimate of drug-likeness (QED) is 0.0511. The Kier molecular flexibility index (Phi) is 32.4. The van der Waals surface area contributed by atoms with Crippen molar-refractivity contribution < 1.29 is 4.57 Å². The zero-order valence-electron chi connectivity index (χ0n) is 31.7. The second-order valence-electron chi connectivity index (χ2n) is 14.8. The van der Waals surface area contributed by atoms with Gasteiger partial charge in [-0.05, 0) is 32.1 Å². The summed E-state index contributed by atoms with van der Waals surface area (Å²) in [7, 11) is 0. The van der Waals surface area contributed by atoms with Crippen LogP contribution in [0, 0.1) is 0 Å². The van der Waals surface area contributed by atoms with Gasteiger partial charge in [0.1, 0.15) is 12.4 Å². The normalized spacial score (nSPS) is 11.6. The van der Waals surface area contributed by atoms with Gasteiger partial charge < -0.3 is 0 Å². The molecule has 0 bridgehead atoms. The molecule has 0 spiro atoms. The summed E-state index contributed by atoms with van der Waals surface area (Å²) in [4.78, 5) is 0. The van der Waals surface area contributed by atoms with Crippen molar-refractivity contribution in [3.05, 3.63) is 18.2 Å². The number of imidazole rings is 1. The van der Waals surface area contributed by atoms with Crippen LogP contribution < -0.4 is 4.57 Å². The van der Waals surface area contributed by atoms with Gasteiger partial charge in [-0.1, -0.05) is 207 Å². The van der Waals surface area contributed by atoms with E-state index in [0.717, 1.165) is 0 Å². The van der Waals surface area contributed by atoms with Crippen molar-refractivity contribution in [2.45, 2.75) is 259 Å². The van der Waals surface area contributed by atoms with Crippen LogP contribution in [0.15, 0.2) is 12.4 Å². The highest BCUT2D eigenvalue weighted by Crippen LogP contribution is 2.16. The SMILES string of the molecule is CCCCCCCCCCCCCCCCCc1n(CCCCCCCCCCCCCCC)cc[n+]1CCCCCCCC. The van der Waals surface area contributed by atoms with E-state index >= 15 is 0 Å². The van der Waals surface area contributed by atoms with Gasteiger partial charge in [0.05, 0.1) is 13.1 Å². The third-order valence-corrected chi connectivity index (χ3v) is 10.3. The number of hydrogen-bond donors (Lipinski definition) is 0. The number of aryl methyl sites for hydroxylation is 2. The van der Waals surface area contributed by atoms with Crippen LogP contribution in [0.3, 0.4) is 0 Å². The molecule has 0 fully saturated rings. The maximum atomic E-state index is 2.64. The number of aromatic nitrogens is 2. The maximum absolute atomic E-state index is 2.64. The Morgan fingerprint density at radius 3 is 1.07 bits per heavy atom. The molecule has 0 atom stereocenters. The van der Waals surface area contributed by atoms with E-state index < -0.39 is 0 Å². The summed E-state index contributed by atoms with van der Waals surface area (Å²) in [6, 6.07) is 0. The average molecular weight is 630 g/mol. The van der Waals surface area contributed by atoms with E-state index in [9.17, 15) is 0 Å². The van der Waals surface area contributed by atoms with Crippen LogP contribution in [-0.2, 0) is 19.5 Å². The maximum Gasteiger partial charge on any atom is 0.256 e. The first kappa shape index (κ1) is 42.2. The van der Waals surface area contributed by atoms with Gasteiger partial charge in [-0.3, -0.25) is 0 Å². The molecule has 1 rings (SSSR count). The van der Waals surface area contributed by atoms with Crippen LogP contribution in [0.5, 0.6) is 0 Å². The summed E-state index contributed by atoms with van der Waals surface area (Å²) in [6.07, 6.45) is 54.9. The van der Waals surface area contributed by atoms with E-state index in [1.54, 1.807) is 5.82 Å². The molecule has 1 aromatic rings. The number of unbranched alkanes of at least 4 members (excludes halogenated alkanes) is 31. The lowest BCUT2D eigenvalue weighted by molar-refractivity contribution is -0.704. The Hall–Kier alpha value is -0.790. The van der Waals surface area contributed by atoms with E-state index in [-0.39, 0.29) is 0 Å². The molecule has 0 saturated carbocycles. The Labute approximate surface area is 285 Å². The van der Waals surface area contributed by atoms with E-state index in [4.69, 9.17) is 0 Å². The molecule has 1 heterocycles. The van der Waals surface area contributed by atoms with Gasteiger partial charge in [0, 0.05) is 6.42 Å². The largest absolute Gasteiger partial charge is 0.256 e.